The van der Waals surface area contributed by atoms with E-state index in [0.717, 1.165) is 0 Å². The van der Waals surface area contributed by atoms with Crippen LogP contribution in [-0.2, 0) is 9.47 Å². The average molecular weight is 294 g/mol. The first-order valence-electron chi connectivity index (χ1n) is 5.57. The van der Waals surface area contributed by atoms with Gasteiger partial charge in [0.05, 0.1) is 36.6 Å². The van der Waals surface area contributed by atoms with Gasteiger partial charge in [0, 0.05) is 18.7 Å². The molecular formula is C12H17Cl2NO3. The Kier molecular flexibility index (Phi) is 7.39. The molecule has 4 nitrogen and oxygen atoms in total. The molecule has 1 atom stereocenters. The van der Waals surface area contributed by atoms with Gasteiger partial charge >= 0.3 is 0 Å². The summed E-state index contributed by atoms with van der Waals surface area (Å²) in [4.78, 5) is 0. The van der Waals surface area contributed by atoms with Gasteiger partial charge in [-0.3, -0.25) is 0 Å². The smallest absolute Gasteiger partial charge is 0.0945 e. The zero-order valence-corrected chi connectivity index (χ0v) is 11.7. The van der Waals surface area contributed by atoms with Gasteiger partial charge in [0.2, 0.25) is 0 Å². The van der Waals surface area contributed by atoms with E-state index < -0.39 is 6.10 Å². The lowest BCUT2D eigenvalue weighted by Crippen LogP contribution is -2.25. The minimum Gasteiger partial charge on any atom is -0.389 e. The molecule has 0 heterocycles. The number of halogens is 2. The minimum atomic E-state index is -0.614. The molecule has 0 amide bonds. The number of methoxy groups -OCH3 is 1. The normalized spacial score (nSPS) is 12.4. The van der Waals surface area contributed by atoms with Gasteiger partial charge in [-0.2, -0.15) is 0 Å². The van der Waals surface area contributed by atoms with Crippen LogP contribution in [0.1, 0.15) is 0 Å². The minimum absolute atomic E-state index is 0.245. The lowest BCUT2D eigenvalue weighted by molar-refractivity contribution is 0.0182. The van der Waals surface area contributed by atoms with Crippen LogP contribution < -0.4 is 5.32 Å². The Hall–Kier alpha value is -0.520. The second-order valence-electron chi connectivity index (χ2n) is 3.73. The summed E-state index contributed by atoms with van der Waals surface area (Å²) in [5.74, 6) is 0. The molecule has 0 aliphatic rings. The molecule has 1 unspecified atom stereocenters. The fourth-order valence-electron chi connectivity index (χ4n) is 1.28. The second kappa shape index (κ2) is 8.56. The van der Waals surface area contributed by atoms with Crippen molar-refractivity contribution in [3.8, 4) is 0 Å². The van der Waals surface area contributed by atoms with E-state index in [2.05, 4.69) is 5.32 Å². The molecular weight excluding hydrogens is 277 g/mol. The van der Waals surface area contributed by atoms with Crippen LogP contribution in [0.4, 0.5) is 5.69 Å². The van der Waals surface area contributed by atoms with Crippen molar-refractivity contribution >= 4 is 28.9 Å². The Morgan fingerprint density at radius 2 is 2.11 bits per heavy atom. The maximum Gasteiger partial charge on any atom is 0.0945 e. The first-order valence-corrected chi connectivity index (χ1v) is 6.32. The zero-order chi connectivity index (χ0) is 13.4. The van der Waals surface area contributed by atoms with E-state index in [1.165, 1.54) is 0 Å². The van der Waals surface area contributed by atoms with Crippen LogP contribution in [0.5, 0.6) is 0 Å². The summed E-state index contributed by atoms with van der Waals surface area (Å²) in [6.45, 7) is 1.56. The van der Waals surface area contributed by atoms with Crippen LogP contribution in [0, 0.1) is 0 Å². The van der Waals surface area contributed by atoms with Crippen molar-refractivity contribution in [1.82, 2.24) is 0 Å². The van der Waals surface area contributed by atoms with Gasteiger partial charge < -0.3 is 19.9 Å². The first kappa shape index (κ1) is 15.5. The molecule has 0 saturated carbocycles. The van der Waals surface area contributed by atoms with E-state index in [4.69, 9.17) is 32.7 Å². The van der Waals surface area contributed by atoms with Gasteiger partial charge in [0.1, 0.15) is 0 Å². The van der Waals surface area contributed by atoms with Gasteiger partial charge in [-0.1, -0.05) is 23.2 Å². The number of nitrogens with one attached hydrogen (secondary N) is 1. The summed E-state index contributed by atoms with van der Waals surface area (Å²) in [7, 11) is 1.60. The molecule has 0 aliphatic carbocycles. The van der Waals surface area contributed by atoms with Crippen LogP contribution >= 0.6 is 23.2 Å². The summed E-state index contributed by atoms with van der Waals surface area (Å²) in [6.07, 6.45) is -0.614. The molecule has 0 aromatic heterocycles. The molecule has 0 fully saturated rings. The number of anilines is 1. The molecule has 102 valence electrons. The van der Waals surface area contributed by atoms with E-state index in [0.29, 0.717) is 35.5 Å². The molecule has 0 saturated heterocycles. The highest BCUT2D eigenvalue weighted by Crippen LogP contribution is 2.25. The fraction of sp³-hybridized carbons (Fsp3) is 0.500. The highest BCUT2D eigenvalue weighted by Gasteiger charge is 2.06. The number of benzene rings is 1. The third-order valence-corrected chi connectivity index (χ3v) is 2.76. The SMILES string of the molecule is COCCOCC(O)CNc1cc(Cl)ccc1Cl. The predicted octanol–water partition coefficient (Wildman–Crippen LogP) is 2.43. The summed E-state index contributed by atoms with van der Waals surface area (Å²) < 4.78 is 10.0. The average Bonchev–Trinajstić information content (AvgIpc) is 2.36. The van der Waals surface area contributed by atoms with Gasteiger partial charge in [0.25, 0.3) is 0 Å². The third-order valence-electron chi connectivity index (χ3n) is 2.20. The van der Waals surface area contributed by atoms with Gasteiger partial charge in [-0.15, -0.1) is 0 Å². The Balaban J connectivity index is 2.29. The van der Waals surface area contributed by atoms with Crippen molar-refractivity contribution in [3.05, 3.63) is 28.2 Å². The molecule has 1 rings (SSSR count). The number of hydrogen-bond donors (Lipinski definition) is 2. The maximum atomic E-state index is 9.67. The van der Waals surface area contributed by atoms with Gasteiger partial charge in [-0.05, 0) is 18.2 Å². The van der Waals surface area contributed by atoms with Crippen LogP contribution in [0.2, 0.25) is 10.0 Å². The lowest BCUT2D eigenvalue weighted by Gasteiger charge is -2.14. The number of ether oxygens (including phenoxy) is 2. The lowest BCUT2D eigenvalue weighted by atomic mass is 10.3. The molecule has 1 aromatic carbocycles. The number of rotatable bonds is 8. The van der Waals surface area contributed by atoms with Crippen molar-refractivity contribution in [2.45, 2.75) is 6.10 Å². The Labute approximate surface area is 117 Å². The molecule has 0 spiro atoms. The van der Waals surface area contributed by atoms with Crippen LogP contribution in [0.15, 0.2) is 18.2 Å². The monoisotopic (exact) mass is 293 g/mol. The third kappa shape index (κ3) is 5.89. The fourth-order valence-corrected chi connectivity index (χ4v) is 1.64. The summed E-state index contributed by atoms with van der Waals surface area (Å²) in [6, 6.07) is 5.12. The highest BCUT2D eigenvalue weighted by atomic mass is 35.5. The predicted molar refractivity (Wildman–Crippen MR) is 73.7 cm³/mol. The zero-order valence-electron chi connectivity index (χ0n) is 10.2. The maximum absolute atomic E-state index is 9.67. The van der Waals surface area contributed by atoms with Crippen molar-refractivity contribution in [1.29, 1.82) is 0 Å². The molecule has 0 bridgehead atoms. The molecule has 1 aromatic rings. The number of hydrogen-bond acceptors (Lipinski definition) is 4. The van der Waals surface area contributed by atoms with E-state index in [1.54, 1.807) is 25.3 Å². The Morgan fingerprint density at radius 3 is 2.83 bits per heavy atom. The molecule has 0 radical (unpaired) electrons. The molecule has 6 heteroatoms. The number of aliphatic hydroxyl groups is 1. The topological polar surface area (TPSA) is 50.7 Å². The summed E-state index contributed by atoms with van der Waals surface area (Å²) >= 11 is 11.8. The van der Waals surface area contributed by atoms with E-state index in [9.17, 15) is 5.11 Å². The second-order valence-corrected chi connectivity index (χ2v) is 4.57. The van der Waals surface area contributed by atoms with Gasteiger partial charge in [-0.25, -0.2) is 0 Å². The molecule has 2 N–H and O–H groups in total. The van der Waals surface area contributed by atoms with Crippen molar-refractivity contribution in [2.24, 2.45) is 0 Å². The van der Waals surface area contributed by atoms with Crippen molar-refractivity contribution in [2.75, 3.05) is 38.8 Å². The quantitative estimate of drug-likeness (QED) is 0.723. The van der Waals surface area contributed by atoms with E-state index in [1.807, 2.05) is 0 Å². The summed E-state index contributed by atoms with van der Waals surface area (Å²) in [5.41, 5.74) is 0.695. The van der Waals surface area contributed by atoms with Crippen molar-refractivity contribution < 1.29 is 14.6 Å². The van der Waals surface area contributed by atoms with Crippen LogP contribution in [-0.4, -0.2) is 44.7 Å². The van der Waals surface area contributed by atoms with E-state index in [-0.39, 0.29) is 6.61 Å². The Morgan fingerprint density at radius 1 is 1.33 bits per heavy atom. The van der Waals surface area contributed by atoms with Crippen molar-refractivity contribution in [3.63, 3.8) is 0 Å². The van der Waals surface area contributed by atoms with Gasteiger partial charge in [0.15, 0.2) is 0 Å². The first-order chi connectivity index (χ1) is 8.63. The van der Waals surface area contributed by atoms with E-state index >= 15 is 0 Å². The number of aliphatic hydroxyl groups excluding tert-OH is 1. The Bertz CT molecular complexity index is 363. The molecule has 0 aliphatic heterocycles. The summed E-state index contributed by atoms with van der Waals surface area (Å²) in [5, 5.41) is 13.8. The molecule has 18 heavy (non-hydrogen) atoms. The van der Waals surface area contributed by atoms with Crippen LogP contribution in [0.3, 0.4) is 0 Å². The van der Waals surface area contributed by atoms with Crippen LogP contribution in [0.25, 0.3) is 0 Å². The highest BCUT2D eigenvalue weighted by molar-refractivity contribution is 6.35. The largest absolute Gasteiger partial charge is 0.389 e. The standard InChI is InChI=1S/C12H17Cl2NO3/c1-17-4-5-18-8-10(16)7-15-12-6-9(13)2-3-11(12)14/h2-3,6,10,15-16H,4-5,7-8H2,1H3.